The summed E-state index contributed by atoms with van der Waals surface area (Å²) in [6.07, 6.45) is 4.99. The van der Waals surface area contributed by atoms with Crippen LogP contribution in [0.3, 0.4) is 0 Å². The van der Waals surface area contributed by atoms with Crippen molar-refractivity contribution in [2.75, 3.05) is 0 Å². The van der Waals surface area contributed by atoms with Crippen LogP contribution in [0.5, 0.6) is 0 Å². The molecule has 0 bridgehead atoms. The highest BCUT2D eigenvalue weighted by molar-refractivity contribution is 7.73. The molecule has 1 aliphatic rings. The lowest BCUT2D eigenvalue weighted by Crippen LogP contribution is -2.28. The van der Waals surface area contributed by atoms with Crippen LogP contribution in [0.4, 0.5) is 0 Å². The average molecular weight is 401 g/mol. The smallest absolute Gasteiger partial charge is 0.133 e. The van der Waals surface area contributed by atoms with Gasteiger partial charge in [-0.25, -0.2) is 0 Å². The molecule has 1 aliphatic heterocycles. The van der Waals surface area contributed by atoms with Crippen LogP contribution in [0.15, 0.2) is 103 Å². The largest absolute Gasteiger partial charge is 0.317 e. The summed E-state index contributed by atoms with van der Waals surface area (Å²) < 4.78 is 15.4. The van der Waals surface area contributed by atoms with Gasteiger partial charge in [-0.3, -0.25) is 0 Å². The standard InChI is InChI=1S/C27H29OP/c1-22(2)18-20-27(24-14-8-4-9-15-24)21-19-26(23-12-6-3-7-13-23)29(27,28)25-16-10-5-11-17-25/h3-18,26H,19-21H2,1-2H3/t26-,27-,29+/m1/s1. The van der Waals surface area contributed by atoms with E-state index in [2.05, 4.69) is 86.7 Å². The first-order valence-electron chi connectivity index (χ1n) is 10.5. The number of rotatable bonds is 5. The van der Waals surface area contributed by atoms with E-state index in [1.807, 2.05) is 24.3 Å². The molecule has 0 aromatic heterocycles. The van der Waals surface area contributed by atoms with Gasteiger partial charge in [0.1, 0.15) is 7.14 Å². The number of hydrogen-bond acceptors (Lipinski definition) is 1. The fourth-order valence-corrected chi connectivity index (χ4v) is 9.47. The van der Waals surface area contributed by atoms with Gasteiger partial charge >= 0.3 is 0 Å². The molecule has 148 valence electrons. The first-order valence-corrected chi connectivity index (χ1v) is 12.2. The van der Waals surface area contributed by atoms with Crippen molar-refractivity contribution in [2.45, 2.75) is 43.9 Å². The monoisotopic (exact) mass is 400 g/mol. The maximum atomic E-state index is 15.4. The molecular formula is C27H29OP. The van der Waals surface area contributed by atoms with Crippen molar-refractivity contribution >= 4 is 12.4 Å². The third-order valence-corrected chi connectivity index (χ3v) is 10.8. The van der Waals surface area contributed by atoms with Crippen molar-refractivity contribution in [1.82, 2.24) is 0 Å². The molecule has 0 radical (unpaired) electrons. The van der Waals surface area contributed by atoms with E-state index in [1.54, 1.807) is 0 Å². The van der Waals surface area contributed by atoms with Gasteiger partial charge in [0.15, 0.2) is 0 Å². The normalized spacial score (nSPS) is 26.2. The minimum atomic E-state index is -2.82. The van der Waals surface area contributed by atoms with Crippen molar-refractivity contribution in [1.29, 1.82) is 0 Å². The molecule has 2 heteroatoms. The zero-order valence-electron chi connectivity index (χ0n) is 17.3. The molecule has 4 rings (SSSR count). The van der Waals surface area contributed by atoms with Crippen LogP contribution in [-0.2, 0) is 9.72 Å². The van der Waals surface area contributed by atoms with Gasteiger partial charge in [-0.1, -0.05) is 103 Å². The summed E-state index contributed by atoms with van der Waals surface area (Å²) in [6.45, 7) is 4.27. The molecule has 0 aliphatic carbocycles. The summed E-state index contributed by atoms with van der Waals surface area (Å²) >= 11 is 0. The SMILES string of the molecule is CC(C)=CC[C@]1(c2ccccc2)CC[C@H](c2ccccc2)[P@@]1(=O)c1ccccc1. The average Bonchev–Trinajstić information content (AvgIpc) is 3.08. The van der Waals surface area contributed by atoms with E-state index in [-0.39, 0.29) is 10.8 Å². The fourth-order valence-electron chi connectivity index (χ4n) is 4.96. The van der Waals surface area contributed by atoms with Gasteiger partial charge in [-0.15, -0.1) is 0 Å². The highest BCUT2D eigenvalue weighted by Crippen LogP contribution is 2.79. The Bertz CT molecular complexity index is 1020. The zero-order valence-corrected chi connectivity index (χ0v) is 18.2. The van der Waals surface area contributed by atoms with Crippen LogP contribution in [0.25, 0.3) is 0 Å². The van der Waals surface area contributed by atoms with Crippen LogP contribution in [0, 0.1) is 0 Å². The predicted octanol–water partition coefficient (Wildman–Crippen LogP) is 7.46. The summed E-state index contributed by atoms with van der Waals surface area (Å²) in [7, 11) is -2.82. The van der Waals surface area contributed by atoms with Crippen molar-refractivity contribution in [3.8, 4) is 0 Å². The second kappa shape index (κ2) is 8.17. The Kier molecular flexibility index (Phi) is 5.61. The molecule has 1 heterocycles. The molecule has 1 nitrogen and oxygen atoms in total. The molecule has 3 aromatic rings. The van der Waals surface area contributed by atoms with Gasteiger partial charge in [0.05, 0.1) is 5.16 Å². The first-order chi connectivity index (χ1) is 14.1. The second-order valence-electron chi connectivity index (χ2n) is 8.34. The number of hydrogen-bond donors (Lipinski definition) is 0. The highest BCUT2D eigenvalue weighted by atomic mass is 31.2. The Labute approximate surface area is 174 Å². The van der Waals surface area contributed by atoms with Gasteiger partial charge in [0.25, 0.3) is 0 Å². The van der Waals surface area contributed by atoms with Gasteiger partial charge in [0.2, 0.25) is 0 Å². The lowest BCUT2D eigenvalue weighted by molar-refractivity contribution is 0.527. The van der Waals surface area contributed by atoms with Crippen LogP contribution in [-0.4, -0.2) is 0 Å². The maximum absolute atomic E-state index is 15.4. The van der Waals surface area contributed by atoms with Gasteiger partial charge in [-0.05, 0) is 44.2 Å². The van der Waals surface area contributed by atoms with E-state index < -0.39 is 7.14 Å². The molecule has 0 unspecified atom stereocenters. The number of allylic oxidation sites excluding steroid dienone is 2. The van der Waals surface area contributed by atoms with Crippen molar-refractivity contribution in [2.24, 2.45) is 0 Å². The fraction of sp³-hybridized carbons (Fsp3) is 0.259. The van der Waals surface area contributed by atoms with Gasteiger partial charge < -0.3 is 4.57 Å². The van der Waals surface area contributed by atoms with E-state index in [4.69, 9.17) is 0 Å². The van der Waals surface area contributed by atoms with Crippen LogP contribution in [0.1, 0.15) is 49.9 Å². The summed E-state index contributed by atoms with van der Waals surface area (Å²) in [5.41, 5.74) is 3.75. The van der Waals surface area contributed by atoms with Gasteiger partial charge in [0, 0.05) is 11.0 Å². The van der Waals surface area contributed by atoms with E-state index in [1.165, 1.54) is 16.7 Å². The quantitative estimate of drug-likeness (QED) is 0.321. The Balaban J connectivity index is 1.98. The molecule has 0 saturated carbocycles. The lowest BCUT2D eigenvalue weighted by Gasteiger charge is -2.38. The topological polar surface area (TPSA) is 17.1 Å². The minimum Gasteiger partial charge on any atom is -0.317 e. The summed E-state index contributed by atoms with van der Waals surface area (Å²) in [5, 5.41) is 0.644. The Morgan fingerprint density at radius 1 is 0.897 bits per heavy atom. The maximum Gasteiger partial charge on any atom is 0.133 e. The predicted molar refractivity (Wildman–Crippen MR) is 124 cm³/mol. The summed E-state index contributed by atoms with van der Waals surface area (Å²) in [5.74, 6) is 0. The molecule has 1 fully saturated rings. The highest BCUT2D eigenvalue weighted by Gasteiger charge is 2.58. The molecule has 1 saturated heterocycles. The molecule has 3 atom stereocenters. The Morgan fingerprint density at radius 2 is 1.45 bits per heavy atom. The van der Waals surface area contributed by atoms with E-state index in [9.17, 15) is 0 Å². The Hall–Kier alpha value is -2.37. The molecule has 0 amide bonds. The second-order valence-corrected chi connectivity index (χ2v) is 11.7. The number of benzene rings is 3. The first kappa shape index (κ1) is 19.9. The van der Waals surface area contributed by atoms with Crippen LogP contribution >= 0.6 is 7.14 Å². The third-order valence-electron chi connectivity index (χ3n) is 6.39. The molecule has 29 heavy (non-hydrogen) atoms. The van der Waals surface area contributed by atoms with Crippen molar-refractivity contribution in [3.63, 3.8) is 0 Å². The van der Waals surface area contributed by atoms with E-state index in [0.717, 1.165) is 24.6 Å². The van der Waals surface area contributed by atoms with Gasteiger partial charge in [-0.2, -0.15) is 0 Å². The molecule has 3 aromatic carbocycles. The zero-order chi connectivity index (χ0) is 20.3. The Morgan fingerprint density at radius 3 is 2.03 bits per heavy atom. The van der Waals surface area contributed by atoms with Crippen molar-refractivity contribution in [3.05, 3.63) is 114 Å². The summed E-state index contributed by atoms with van der Waals surface area (Å²) in [6, 6.07) is 31.3. The van der Waals surface area contributed by atoms with Crippen LogP contribution in [0.2, 0.25) is 0 Å². The van der Waals surface area contributed by atoms with E-state index in [0.29, 0.717) is 0 Å². The lowest BCUT2D eigenvalue weighted by atomic mass is 9.89. The molecule has 0 spiro atoms. The molecule has 0 N–H and O–H groups in total. The van der Waals surface area contributed by atoms with Crippen molar-refractivity contribution < 1.29 is 4.57 Å². The third kappa shape index (κ3) is 3.43. The summed E-state index contributed by atoms with van der Waals surface area (Å²) in [4.78, 5) is 0. The molecular weight excluding hydrogens is 371 g/mol. The minimum absolute atomic E-state index is 0.0527. The van der Waals surface area contributed by atoms with Crippen LogP contribution < -0.4 is 5.30 Å². The van der Waals surface area contributed by atoms with E-state index >= 15 is 4.57 Å².